The Kier molecular flexibility index (Phi) is 5.55. The molecule has 1 aromatic heterocycles. The molecule has 0 unspecified atom stereocenters. The van der Waals surface area contributed by atoms with E-state index in [4.69, 9.17) is 9.97 Å². The van der Waals surface area contributed by atoms with Crippen molar-refractivity contribution >= 4 is 5.82 Å². The number of anilines is 1. The second-order valence-corrected chi connectivity index (χ2v) is 8.19. The van der Waals surface area contributed by atoms with Crippen molar-refractivity contribution in [1.82, 2.24) is 14.9 Å². The number of aliphatic hydroxyl groups excluding tert-OH is 1. The molecule has 4 rings (SSSR count). The normalized spacial score (nSPS) is 25.2. The molecule has 2 aliphatic heterocycles. The van der Waals surface area contributed by atoms with Crippen molar-refractivity contribution in [3.05, 3.63) is 29.2 Å². The Morgan fingerprint density at radius 3 is 2.62 bits per heavy atom. The van der Waals surface area contributed by atoms with Crippen molar-refractivity contribution in [2.75, 3.05) is 37.6 Å². The molecule has 142 valence electrons. The van der Waals surface area contributed by atoms with Gasteiger partial charge in [0, 0.05) is 44.7 Å². The van der Waals surface area contributed by atoms with E-state index in [1.165, 1.54) is 37.1 Å². The summed E-state index contributed by atoms with van der Waals surface area (Å²) >= 11 is 0. The zero-order valence-electron chi connectivity index (χ0n) is 16.0. The second-order valence-electron chi connectivity index (χ2n) is 8.19. The van der Waals surface area contributed by atoms with Crippen LogP contribution in [0.15, 0.2) is 12.2 Å². The lowest BCUT2D eigenvalue weighted by Gasteiger charge is -2.32. The van der Waals surface area contributed by atoms with Gasteiger partial charge in [-0.3, -0.25) is 0 Å². The molecule has 0 amide bonds. The lowest BCUT2D eigenvalue weighted by Crippen LogP contribution is -2.37. The Balaban J connectivity index is 1.48. The number of allylic oxidation sites excluding steroid dienone is 2. The van der Waals surface area contributed by atoms with Crippen molar-refractivity contribution in [2.45, 2.75) is 58.0 Å². The van der Waals surface area contributed by atoms with Crippen molar-refractivity contribution in [3.63, 3.8) is 0 Å². The molecule has 26 heavy (non-hydrogen) atoms. The van der Waals surface area contributed by atoms with Crippen LogP contribution in [0.3, 0.4) is 0 Å². The van der Waals surface area contributed by atoms with Crippen LogP contribution in [-0.4, -0.2) is 58.8 Å². The SMILES string of the molecule is Cc1nc2c(c(N3CCC(O)CC3)n1)CCN(C[C@@H]1CC=CCC1)CC2. The number of aliphatic hydroxyl groups is 1. The van der Waals surface area contributed by atoms with Crippen LogP contribution in [0.5, 0.6) is 0 Å². The number of fused-ring (bicyclic) bond motifs is 1. The second kappa shape index (κ2) is 8.05. The lowest BCUT2D eigenvalue weighted by atomic mass is 9.94. The predicted molar refractivity (Wildman–Crippen MR) is 105 cm³/mol. The van der Waals surface area contributed by atoms with Gasteiger partial charge in [-0.2, -0.15) is 0 Å². The number of hydrogen-bond acceptors (Lipinski definition) is 5. The van der Waals surface area contributed by atoms with Crippen LogP contribution in [0.4, 0.5) is 5.82 Å². The molecule has 5 heteroatoms. The van der Waals surface area contributed by atoms with Gasteiger partial charge in [0.05, 0.1) is 11.8 Å². The minimum atomic E-state index is -0.146. The van der Waals surface area contributed by atoms with E-state index in [1.807, 2.05) is 6.92 Å². The van der Waals surface area contributed by atoms with Crippen LogP contribution in [0.1, 0.15) is 49.2 Å². The standard InChI is InChI=1S/C21H32N4O/c1-16-22-20-10-12-24(15-17-5-3-2-4-6-17)11-9-19(20)21(23-16)25-13-7-18(26)8-14-25/h2-3,17-18,26H,4-15H2,1H3/t17-/m1/s1. The van der Waals surface area contributed by atoms with Gasteiger partial charge >= 0.3 is 0 Å². The third-order valence-corrected chi connectivity index (χ3v) is 6.18. The zero-order valence-corrected chi connectivity index (χ0v) is 16.0. The number of nitrogens with zero attached hydrogens (tertiary/aromatic N) is 4. The monoisotopic (exact) mass is 356 g/mol. The molecule has 1 fully saturated rings. The van der Waals surface area contributed by atoms with Crippen molar-refractivity contribution in [1.29, 1.82) is 0 Å². The Morgan fingerprint density at radius 1 is 1.04 bits per heavy atom. The van der Waals surface area contributed by atoms with E-state index in [9.17, 15) is 5.11 Å². The van der Waals surface area contributed by atoms with Crippen LogP contribution in [0.25, 0.3) is 0 Å². The van der Waals surface area contributed by atoms with Gasteiger partial charge in [-0.1, -0.05) is 12.2 Å². The zero-order chi connectivity index (χ0) is 17.9. The summed E-state index contributed by atoms with van der Waals surface area (Å²) in [6.45, 7) is 7.27. The van der Waals surface area contributed by atoms with Crippen LogP contribution in [-0.2, 0) is 12.8 Å². The van der Waals surface area contributed by atoms with Gasteiger partial charge in [0.25, 0.3) is 0 Å². The minimum absolute atomic E-state index is 0.146. The average Bonchev–Trinajstić information content (AvgIpc) is 2.85. The van der Waals surface area contributed by atoms with Gasteiger partial charge in [-0.25, -0.2) is 9.97 Å². The Hall–Kier alpha value is -1.46. The highest BCUT2D eigenvalue weighted by Gasteiger charge is 2.26. The third kappa shape index (κ3) is 4.09. The van der Waals surface area contributed by atoms with Gasteiger partial charge in [0.15, 0.2) is 0 Å². The van der Waals surface area contributed by atoms with E-state index in [1.54, 1.807) is 0 Å². The number of aromatic nitrogens is 2. The average molecular weight is 357 g/mol. The summed E-state index contributed by atoms with van der Waals surface area (Å²) in [6, 6.07) is 0. The molecule has 1 N–H and O–H groups in total. The number of hydrogen-bond donors (Lipinski definition) is 1. The first-order chi connectivity index (χ1) is 12.7. The molecule has 3 aliphatic rings. The van der Waals surface area contributed by atoms with Crippen molar-refractivity contribution in [2.24, 2.45) is 5.92 Å². The van der Waals surface area contributed by atoms with Crippen LogP contribution >= 0.6 is 0 Å². The summed E-state index contributed by atoms with van der Waals surface area (Å²) in [4.78, 5) is 14.6. The van der Waals surface area contributed by atoms with E-state index in [2.05, 4.69) is 22.0 Å². The molecule has 0 aromatic carbocycles. The number of aryl methyl sites for hydroxylation is 1. The van der Waals surface area contributed by atoms with E-state index in [0.717, 1.165) is 69.4 Å². The van der Waals surface area contributed by atoms with Crippen LogP contribution < -0.4 is 4.90 Å². The topological polar surface area (TPSA) is 52.5 Å². The van der Waals surface area contributed by atoms with Crippen LogP contribution in [0.2, 0.25) is 0 Å². The van der Waals surface area contributed by atoms with Gasteiger partial charge in [-0.05, 0) is 51.4 Å². The molecule has 3 heterocycles. The Labute approximate surface area is 157 Å². The maximum Gasteiger partial charge on any atom is 0.135 e. The molecule has 0 bridgehead atoms. The van der Waals surface area contributed by atoms with E-state index in [0.29, 0.717) is 0 Å². The third-order valence-electron chi connectivity index (χ3n) is 6.18. The molecule has 1 atom stereocenters. The summed E-state index contributed by atoms with van der Waals surface area (Å²) in [6.07, 6.45) is 12.1. The first kappa shape index (κ1) is 17.9. The summed E-state index contributed by atoms with van der Waals surface area (Å²) in [5.74, 6) is 2.84. The van der Waals surface area contributed by atoms with E-state index < -0.39 is 0 Å². The maximum atomic E-state index is 9.83. The molecular formula is C21H32N4O. The first-order valence-corrected chi connectivity index (χ1v) is 10.4. The fraction of sp³-hybridized carbons (Fsp3) is 0.714. The fourth-order valence-electron chi connectivity index (χ4n) is 4.66. The minimum Gasteiger partial charge on any atom is -0.393 e. The summed E-state index contributed by atoms with van der Waals surface area (Å²) in [7, 11) is 0. The molecule has 1 aliphatic carbocycles. The van der Waals surface area contributed by atoms with Crippen molar-refractivity contribution < 1.29 is 5.11 Å². The number of rotatable bonds is 3. The van der Waals surface area contributed by atoms with Gasteiger partial charge in [-0.15, -0.1) is 0 Å². The summed E-state index contributed by atoms with van der Waals surface area (Å²) in [5, 5.41) is 9.83. The highest BCUT2D eigenvalue weighted by Crippen LogP contribution is 2.28. The molecular weight excluding hydrogens is 324 g/mol. The molecule has 0 saturated carbocycles. The quantitative estimate of drug-likeness (QED) is 0.844. The first-order valence-electron chi connectivity index (χ1n) is 10.4. The van der Waals surface area contributed by atoms with Gasteiger partial charge < -0.3 is 14.9 Å². The van der Waals surface area contributed by atoms with Gasteiger partial charge in [0.2, 0.25) is 0 Å². The molecule has 1 saturated heterocycles. The van der Waals surface area contributed by atoms with Crippen LogP contribution in [0, 0.1) is 12.8 Å². The van der Waals surface area contributed by atoms with E-state index in [-0.39, 0.29) is 6.10 Å². The number of piperidine rings is 1. The Morgan fingerprint density at radius 2 is 1.85 bits per heavy atom. The highest BCUT2D eigenvalue weighted by atomic mass is 16.3. The molecule has 0 spiro atoms. The summed E-state index contributed by atoms with van der Waals surface area (Å²) < 4.78 is 0. The fourth-order valence-corrected chi connectivity index (χ4v) is 4.66. The predicted octanol–water partition coefficient (Wildman–Crippen LogP) is 2.50. The van der Waals surface area contributed by atoms with Crippen molar-refractivity contribution in [3.8, 4) is 0 Å². The van der Waals surface area contributed by atoms with Gasteiger partial charge in [0.1, 0.15) is 11.6 Å². The summed E-state index contributed by atoms with van der Waals surface area (Å²) in [5.41, 5.74) is 2.61. The van der Waals surface area contributed by atoms with E-state index >= 15 is 0 Å². The molecule has 1 aromatic rings. The largest absolute Gasteiger partial charge is 0.393 e. The lowest BCUT2D eigenvalue weighted by molar-refractivity contribution is 0.145. The molecule has 5 nitrogen and oxygen atoms in total. The smallest absolute Gasteiger partial charge is 0.135 e. The Bertz CT molecular complexity index is 652. The highest BCUT2D eigenvalue weighted by molar-refractivity contribution is 5.50. The molecule has 0 radical (unpaired) electrons. The maximum absolute atomic E-state index is 9.83.